The van der Waals surface area contributed by atoms with Gasteiger partial charge in [-0.2, -0.15) is 0 Å². The van der Waals surface area contributed by atoms with Crippen LogP contribution >= 0.6 is 11.8 Å². The largest absolute Gasteiger partial charge is 0.497 e. The molecular weight excluding hydrogens is 240 g/mol. The van der Waals surface area contributed by atoms with Crippen LogP contribution in [0.15, 0.2) is 23.1 Å². The van der Waals surface area contributed by atoms with Crippen LogP contribution in [0, 0.1) is 5.92 Å². The number of ether oxygens (including phenoxy) is 2. The average molecular weight is 256 g/mol. The van der Waals surface area contributed by atoms with E-state index in [1.54, 1.807) is 21.1 Å². The van der Waals surface area contributed by atoms with E-state index in [1.165, 1.54) is 11.8 Å². The molecule has 0 heterocycles. The van der Waals surface area contributed by atoms with Crippen LogP contribution in [-0.2, 0) is 4.79 Å². The minimum absolute atomic E-state index is 0.393. The van der Waals surface area contributed by atoms with Gasteiger partial charge in [-0.15, -0.1) is 11.8 Å². The van der Waals surface area contributed by atoms with Crippen molar-refractivity contribution in [3.63, 3.8) is 0 Å². The second kappa shape index (κ2) is 6.39. The lowest BCUT2D eigenvalue weighted by Gasteiger charge is -2.11. The van der Waals surface area contributed by atoms with E-state index < -0.39 is 11.9 Å². The molecule has 1 N–H and O–H groups in total. The predicted molar refractivity (Wildman–Crippen MR) is 67.1 cm³/mol. The summed E-state index contributed by atoms with van der Waals surface area (Å²) >= 11 is 1.45. The highest BCUT2D eigenvalue weighted by Gasteiger charge is 2.13. The van der Waals surface area contributed by atoms with Crippen LogP contribution in [0.3, 0.4) is 0 Å². The molecule has 0 saturated heterocycles. The number of thioether (sulfide) groups is 1. The highest BCUT2D eigenvalue weighted by Crippen LogP contribution is 2.33. The molecule has 0 aliphatic rings. The Morgan fingerprint density at radius 2 is 2.12 bits per heavy atom. The minimum atomic E-state index is -0.792. The Hall–Kier alpha value is -1.36. The summed E-state index contributed by atoms with van der Waals surface area (Å²) in [6.45, 7) is 1.68. The second-order valence-corrected chi connectivity index (χ2v) is 4.63. The molecule has 0 fully saturated rings. The van der Waals surface area contributed by atoms with Crippen LogP contribution in [0.25, 0.3) is 0 Å². The fourth-order valence-electron chi connectivity index (χ4n) is 1.18. The molecule has 0 spiro atoms. The summed E-state index contributed by atoms with van der Waals surface area (Å²) in [7, 11) is 3.18. The molecule has 0 aliphatic carbocycles. The van der Waals surface area contributed by atoms with Gasteiger partial charge >= 0.3 is 5.97 Å². The van der Waals surface area contributed by atoms with E-state index in [0.29, 0.717) is 5.75 Å². The smallest absolute Gasteiger partial charge is 0.307 e. The van der Waals surface area contributed by atoms with Crippen molar-refractivity contribution < 1.29 is 19.4 Å². The quantitative estimate of drug-likeness (QED) is 0.793. The van der Waals surface area contributed by atoms with Crippen molar-refractivity contribution in [2.75, 3.05) is 20.0 Å². The highest BCUT2D eigenvalue weighted by atomic mass is 32.2. The normalized spacial score (nSPS) is 11.9. The molecule has 1 rings (SSSR count). The highest BCUT2D eigenvalue weighted by molar-refractivity contribution is 7.99. The molecule has 0 aromatic heterocycles. The van der Waals surface area contributed by atoms with Gasteiger partial charge in [0.25, 0.3) is 0 Å². The molecule has 0 saturated carbocycles. The van der Waals surface area contributed by atoms with Gasteiger partial charge < -0.3 is 14.6 Å². The van der Waals surface area contributed by atoms with Crippen molar-refractivity contribution in [1.82, 2.24) is 0 Å². The predicted octanol–water partition coefficient (Wildman–Crippen LogP) is 2.52. The Bertz CT molecular complexity index is 392. The maximum absolute atomic E-state index is 10.7. The van der Waals surface area contributed by atoms with E-state index in [9.17, 15) is 4.79 Å². The van der Waals surface area contributed by atoms with Gasteiger partial charge in [0.05, 0.1) is 25.0 Å². The second-order valence-electron chi connectivity index (χ2n) is 3.57. The molecule has 1 aromatic rings. The third-order valence-electron chi connectivity index (χ3n) is 2.28. The molecule has 0 radical (unpaired) electrons. The van der Waals surface area contributed by atoms with Crippen LogP contribution < -0.4 is 9.47 Å². The van der Waals surface area contributed by atoms with Gasteiger partial charge in [0, 0.05) is 5.75 Å². The van der Waals surface area contributed by atoms with Crippen LogP contribution in [0.1, 0.15) is 6.92 Å². The topological polar surface area (TPSA) is 55.8 Å². The lowest BCUT2D eigenvalue weighted by molar-refractivity contribution is -0.140. The number of carboxylic acids is 1. The van der Waals surface area contributed by atoms with Gasteiger partial charge in [-0.05, 0) is 18.2 Å². The summed E-state index contributed by atoms with van der Waals surface area (Å²) in [6.07, 6.45) is 0. The molecule has 17 heavy (non-hydrogen) atoms. The van der Waals surface area contributed by atoms with Gasteiger partial charge in [0.2, 0.25) is 0 Å². The zero-order valence-electron chi connectivity index (χ0n) is 10.1. The van der Waals surface area contributed by atoms with E-state index in [2.05, 4.69) is 0 Å². The first-order valence-corrected chi connectivity index (χ1v) is 6.14. The van der Waals surface area contributed by atoms with Gasteiger partial charge in [-0.25, -0.2) is 0 Å². The van der Waals surface area contributed by atoms with Gasteiger partial charge in [0.15, 0.2) is 0 Å². The van der Waals surface area contributed by atoms with Crippen molar-refractivity contribution in [3.8, 4) is 11.5 Å². The molecule has 1 unspecified atom stereocenters. The summed E-state index contributed by atoms with van der Waals surface area (Å²) in [5.41, 5.74) is 0. The summed E-state index contributed by atoms with van der Waals surface area (Å²) in [6, 6.07) is 5.47. The number of aliphatic carboxylic acids is 1. The maximum atomic E-state index is 10.7. The van der Waals surface area contributed by atoms with Crippen LogP contribution in [0.2, 0.25) is 0 Å². The van der Waals surface area contributed by atoms with Crippen molar-refractivity contribution in [2.24, 2.45) is 5.92 Å². The summed E-state index contributed by atoms with van der Waals surface area (Å²) in [4.78, 5) is 11.6. The standard InChI is InChI=1S/C12H16O4S/c1-8(12(13)14)7-17-11-6-9(15-2)4-5-10(11)16-3/h4-6,8H,7H2,1-3H3,(H,13,14). The third kappa shape index (κ3) is 3.85. The molecule has 0 aliphatic heterocycles. The molecule has 0 bridgehead atoms. The average Bonchev–Trinajstić information content (AvgIpc) is 2.35. The SMILES string of the molecule is COc1ccc(OC)c(SCC(C)C(=O)O)c1. The van der Waals surface area contributed by atoms with E-state index in [0.717, 1.165) is 16.4 Å². The van der Waals surface area contributed by atoms with Crippen molar-refractivity contribution in [2.45, 2.75) is 11.8 Å². The van der Waals surface area contributed by atoms with Crippen LogP contribution in [0.4, 0.5) is 0 Å². The zero-order chi connectivity index (χ0) is 12.8. The van der Waals surface area contributed by atoms with Crippen molar-refractivity contribution in [3.05, 3.63) is 18.2 Å². The maximum Gasteiger partial charge on any atom is 0.307 e. The number of hydrogen-bond acceptors (Lipinski definition) is 4. The Morgan fingerprint density at radius 3 is 2.65 bits per heavy atom. The molecule has 94 valence electrons. The number of carboxylic acid groups (broad SMARTS) is 1. The van der Waals surface area contributed by atoms with Crippen molar-refractivity contribution in [1.29, 1.82) is 0 Å². The Balaban J connectivity index is 2.77. The Kier molecular flexibility index (Phi) is 5.15. The number of methoxy groups -OCH3 is 2. The van der Waals surface area contributed by atoms with E-state index >= 15 is 0 Å². The molecule has 4 nitrogen and oxygen atoms in total. The zero-order valence-corrected chi connectivity index (χ0v) is 10.9. The van der Waals surface area contributed by atoms with E-state index in [4.69, 9.17) is 14.6 Å². The van der Waals surface area contributed by atoms with Crippen LogP contribution in [0.5, 0.6) is 11.5 Å². The van der Waals surface area contributed by atoms with Crippen LogP contribution in [-0.4, -0.2) is 31.0 Å². The number of benzene rings is 1. The van der Waals surface area contributed by atoms with E-state index in [-0.39, 0.29) is 0 Å². The summed E-state index contributed by atoms with van der Waals surface area (Å²) < 4.78 is 10.3. The number of carbonyl (C=O) groups is 1. The summed E-state index contributed by atoms with van der Waals surface area (Å²) in [5, 5.41) is 8.82. The number of rotatable bonds is 6. The van der Waals surface area contributed by atoms with Crippen molar-refractivity contribution >= 4 is 17.7 Å². The lowest BCUT2D eigenvalue weighted by atomic mass is 10.2. The number of hydrogen-bond donors (Lipinski definition) is 1. The fourth-order valence-corrected chi connectivity index (χ4v) is 2.25. The Labute approximate surface area is 105 Å². The van der Waals surface area contributed by atoms with Gasteiger partial charge in [-0.1, -0.05) is 6.92 Å². The minimum Gasteiger partial charge on any atom is -0.497 e. The molecular formula is C12H16O4S. The molecule has 5 heteroatoms. The first-order chi connectivity index (χ1) is 8.08. The molecule has 1 aromatic carbocycles. The lowest BCUT2D eigenvalue weighted by Crippen LogP contribution is -2.11. The molecule has 1 atom stereocenters. The Morgan fingerprint density at radius 1 is 1.41 bits per heavy atom. The van der Waals surface area contributed by atoms with Gasteiger partial charge in [-0.3, -0.25) is 4.79 Å². The monoisotopic (exact) mass is 256 g/mol. The first-order valence-electron chi connectivity index (χ1n) is 5.16. The fraction of sp³-hybridized carbons (Fsp3) is 0.417. The third-order valence-corrected chi connectivity index (χ3v) is 3.58. The van der Waals surface area contributed by atoms with Gasteiger partial charge in [0.1, 0.15) is 11.5 Å². The van der Waals surface area contributed by atoms with E-state index in [1.807, 2.05) is 18.2 Å². The molecule has 0 amide bonds. The first kappa shape index (κ1) is 13.7. The summed E-state index contributed by atoms with van der Waals surface area (Å²) in [5.74, 6) is 0.777.